The van der Waals surface area contributed by atoms with Crippen LogP contribution in [0.4, 0.5) is 0 Å². The zero-order valence-electron chi connectivity index (χ0n) is 13.8. The molecule has 4 nitrogen and oxygen atoms in total. The molecule has 2 aromatic carbocycles. The number of esters is 1. The summed E-state index contributed by atoms with van der Waals surface area (Å²) in [6.07, 6.45) is 6.22. The lowest BCUT2D eigenvalue weighted by Crippen LogP contribution is -2.23. The minimum atomic E-state index is -0.321. The Labute approximate surface area is 142 Å². The van der Waals surface area contributed by atoms with Crippen LogP contribution in [0.3, 0.4) is 0 Å². The Hall–Kier alpha value is -2.62. The Morgan fingerprint density at radius 3 is 2.75 bits per heavy atom. The van der Waals surface area contributed by atoms with Gasteiger partial charge in [0.2, 0.25) is 0 Å². The van der Waals surface area contributed by atoms with E-state index in [1.807, 2.05) is 42.5 Å². The second-order valence-electron chi connectivity index (χ2n) is 5.50. The van der Waals surface area contributed by atoms with E-state index in [1.54, 1.807) is 6.08 Å². The second-order valence-corrected chi connectivity index (χ2v) is 5.50. The number of hydrogen-bond donors (Lipinski definition) is 0. The molecule has 2 aromatic rings. The average molecular weight is 326 g/mol. The van der Waals surface area contributed by atoms with Gasteiger partial charge in [-0.15, -0.1) is 0 Å². The topological polar surface area (TPSA) is 52.6 Å². The van der Waals surface area contributed by atoms with Crippen LogP contribution in [0.25, 0.3) is 10.8 Å². The van der Waals surface area contributed by atoms with Gasteiger partial charge in [0.15, 0.2) is 0 Å². The van der Waals surface area contributed by atoms with E-state index in [4.69, 9.17) is 9.47 Å². The van der Waals surface area contributed by atoms with Crippen molar-refractivity contribution in [2.75, 3.05) is 13.7 Å². The Balaban J connectivity index is 1.99. The zero-order chi connectivity index (χ0) is 17.2. The van der Waals surface area contributed by atoms with Crippen LogP contribution in [-0.2, 0) is 14.3 Å². The molecule has 4 heteroatoms. The van der Waals surface area contributed by atoms with Gasteiger partial charge in [0.1, 0.15) is 18.6 Å². The number of benzene rings is 2. The smallest absolute Gasteiger partial charge is 0.312 e. The van der Waals surface area contributed by atoms with Crippen molar-refractivity contribution in [1.29, 1.82) is 0 Å². The number of carbonyl (C=O) groups is 2. The maximum atomic E-state index is 11.9. The quantitative estimate of drug-likeness (QED) is 0.303. The standard InChI is InChI=1S/C20H22O4/c1-23-20(22)17(10-4-2-3-7-14-21)15-24-19-13-8-11-16-9-5-6-12-18(16)19/h3,5-9,11-14,17H,2,4,10,15H2,1H3. The largest absolute Gasteiger partial charge is 0.492 e. The molecular formula is C20H22O4. The number of methoxy groups -OCH3 is 1. The molecule has 0 bridgehead atoms. The van der Waals surface area contributed by atoms with Gasteiger partial charge < -0.3 is 9.47 Å². The lowest BCUT2D eigenvalue weighted by molar-refractivity contribution is -0.146. The summed E-state index contributed by atoms with van der Waals surface area (Å²) in [5.41, 5.74) is 0. The van der Waals surface area contributed by atoms with Crippen molar-refractivity contribution in [3.05, 3.63) is 54.6 Å². The number of carbonyl (C=O) groups excluding carboxylic acids is 2. The van der Waals surface area contributed by atoms with Crippen molar-refractivity contribution in [2.45, 2.75) is 19.3 Å². The van der Waals surface area contributed by atoms with Crippen LogP contribution in [-0.4, -0.2) is 26.0 Å². The van der Waals surface area contributed by atoms with Gasteiger partial charge in [-0.3, -0.25) is 9.59 Å². The fraction of sp³-hybridized carbons (Fsp3) is 0.300. The molecular weight excluding hydrogens is 304 g/mol. The van der Waals surface area contributed by atoms with E-state index < -0.39 is 0 Å². The highest BCUT2D eigenvalue weighted by Crippen LogP contribution is 2.26. The molecule has 0 aromatic heterocycles. The maximum Gasteiger partial charge on any atom is 0.312 e. The van der Waals surface area contributed by atoms with E-state index in [0.717, 1.165) is 35.6 Å². The molecule has 0 aliphatic rings. The van der Waals surface area contributed by atoms with Gasteiger partial charge in [-0.05, 0) is 36.8 Å². The third-order valence-corrected chi connectivity index (χ3v) is 3.86. The summed E-state index contributed by atoms with van der Waals surface area (Å²) >= 11 is 0. The van der Waals surface area contributed by atoms with Crippen molar-refractivity contribution < 1.29 is 19.1 Å². The molecule has 0 saturated heterocycles. The van der Waals surface area contributed by atoms with Crippen LogP contribution in [0.15, 0.2) is 54.6 Å². The predicted molar refractivity (Wildman–Crippen MR) is 94.0 cm³/mol. The molecule has 0 saturated carbocycles. The summed E-state index contributed by atoms with van der Waals surface area (Å²) < 4.78 is 10.8. The number of fused-ring (bicyclic) bond motifs is 1. The summed E-state index contributed by atoms with van der Waals surface area (Å²) in [4.78, 5) is 22.2. The van der Waals surface area contributed by atoms with E-state index in [2.05, 4.69) is 0 Å². The van der Waals surface area contributed by atoms with E-state index in [-0.39, 0.29) is 18.5 Å². The lowest BCUT2D eigenvalue weighted by atomic mass is 10.0. The lowest BCUT2D eigenvalue weighted by Gasteiger charge is -2.16. The Kier molecular flexibility index (Phi) is 7.02. The summed E-state index contributed by atoms with van der Waals surface area (Å²) in [6, 6.07) is 13.8. The fourth-order valence-corrected chi connectivity index (χ4v) is 2.58. The van der Waals surface area contributed by atoms with Gasteiger partial charge in [-0.25, -0.2) is 0 Å². The average Bonchev–Trinajstić information content (AvgIpc) is 2.63. The first kappa shape index (κ1) is 17.7. The molecule has 1 atom stereocenters. The molecule has 0 amide bonds. The van der Waals surface area contributed by atoms with Gasteiger partial charge in [0.05, 0.1) is 13.0 Å². The third-order valence-electron chi connectivity index (χ3n) is 3.86. The van der Waals surface area contributed by atoms with Crippen LogP contribution < -0.4 is 4.74 Å². The Morgan fingerprint density at radius 1 is 1.17 bits per heavy atom. The number of allylic oxidation sites excluding steroid dienone is 2. The molecule has 0 N–H and O–H groups in total. The minimum Gasteiger partial charge on any atom is -0.492 e. The predicted octanol–water partition coefficient (Wildman–Crippen LogP) is 3.93. The molecule has 24 heavy (non-hydrogen) atoms. The van der Waals surface area contributed by atoms with E-state index >= 15 is 0 Å². The van der Waals surface area contributed by atoms with Crippen LogP contribution in [0.2, 0.25) is 0 Å². The van der Waals surface area contributed by atoms with Crippen molar-refractivity contribution in [3.8, 4) is 5.75 Å². The highest BCUT2D eigenvalue weighted by atomic mass is 16.5. The van der Waals surface area contributed by atoms with Crippen LogP contribution >= 0.6 is 0 Å². The van der Waals surface area contributed by atoms with Crippen molar-refractivity contribution in [1.82, 2.24) is 0 Å². The first-order valence-electron chi connectivity index (χ1n) is 8.05. The molecule has 0 aliphatic heterocycles. The van der Waals surface area contributed by atoms with E-state index in [1.165, 1.54) is 13.2 Å². The molecule has 0 fully saturated rings. The van der Waals surface area contributed by atoms with Crippen LogP contribution in [0.5, 0.6) is 5.75 Å². The molecule has 0 radical (unpaired) electrons. The monoisotopic (exact) mass is 326 g/mol. The highest BCUT2D eigenvalue weighted by molar-refractivity contribution is 5.88. The molecule has 0 aliphatic carbocycles. The number of hydrogen-bond acceptors (Lipinski definition) is 4. The van der Waals surface area contributed by atoms with Crippen LogP contribution in [0, 0.1) is 5.92 Å². The van der Waals surface area contributed by atoms with Gasteiger partial charge in [0, 0.05) is 5.39 Å². The van der Waals surface area contributed by atoms with Crippen molar-refractivity contribution in [3.63, 3.8) is 0 Å². The molecule has 0 heterocycles. The van der Waals surface area contributed by atoms with E-state index in [0.29, 0.717) is 6.42 Å². The number of unbranched alkanes of at least 4 members (excludes halogenated alkanes) is 1. The number of ether oxygens (including phenoxy) is 2. The van der Waals surface area contributed by atoms with Gasteiger partial charge >= 0.3 is 5.97 Å². The first-order chi connectivity index (χ1) is 11.8. The normalized spacial score (nSPS) is 12.2. The van der Waals surface area contributed by atoms with Crippen molar-refractivity contribution >= 4 is 23.0 Å². The molecule has 0 spiro atoms. The number of aldehydes is 1. The second kappa shape index (κ2) is 9.50. The molecule has 126 valence electrons. The third kappa shape index (κ3) is 4.95. The highest BCUT2D eigenvalue weighted by Gasteiger charge is 2.20. The Morgan fingerprint density at radius 2 is 1.96 bits per heavy atom. The van der Waals surface area contributed by atoms with Gasteiger partial charge in [-0.2, -0.15) is 0 Å². The summed E-state index contributed by atoms with van der Waals surface area (Å²) in [7, 11) is 1.39. The first-order valence-corrected chi connectivity index (χ1v) is 8.05. The fourth-order valence-electron chi connectivity index (χ4n) is 2.58. The Bertz CT molecular complexity index is 700. The van der Waals surface area contributed by atoms with Crippen molar-refractivity contribution in [2.24, 2.45) is 5.92 Å². The minimum absolute atomic E-state index is 0.269. The summed E-state index contributed by atoms with van der Waals surface area (Å²) in [5, 5.41) is 2.13. The molecule has 2 rings (SSSR count). The molecule has 1 unspecified atom stereocenters. The SMILES string of the molecule is COC(=O)C(CCCC=CC=O)COc1cccc2ccccc12. The summed E-state index contributed by atoms with van der Waals surface area (Å²) in [6.45, 7) is 0.276. The summed E-state index contributed by atoms with van der Waals surface area (Å²) in [5.74, 6) is 0.177. The zero-order valence-corrected chi connectivity index (χ0v) is 13.8. The maximum absolute atomic E-state index is 11.9. The number of rotatable bonds is 9. The van der Waals surface area contributed by atoms with E-state index in [9.17, 15) is 9.59 Å². The van der Waals surface area contributed by atoms with Crippen LogP contribution in [0.1, 0.15) is 19.3 Å². The van der Waals surface area contributed by atoms with Gasteiger partial charge in [0.25, 0.3) is 0 Å². The van der Waals surface area contributed by atoms with Gasteiger partial charge in [-0.1, -0.05) is 42.5 Å².